The van der Waals surface area contributed by atoms with Gasteiger partial charge >= 0.3 is 0 Å². The standard InChI is InChI=1S/C64H78N10O10/c1-40(2)54-64(84)74-35-19-31-53(74)63(83)71-32-16-28-50(71)59(79)65-41(3)55(75)66-46(36-42-20-8-4-9-21-42)57(77)69-49(39-45-26-14-7-15-27-45)61(81)73-34-18-30-52(73)62(82)72-33-17-29-51(72)60(80)68-47(37-43-22-10-5-11-23-43)56(76)67-48(58(78)70-54)38-44-24-12-6-13-25-44/h4-15,20-27,40-41,46-54H,16-19,28-39H2,1-3H3,(H,65,79)(H,66,75)(H,67,76)(H,68,80)(H,69,77)(H,70,78)/t41-,46+,47-,48+,49-,50-,51-,52-,53-,54-/m0/s1. The molecule has 0 bridgehead atoms. The van der Waals surface area contributed by atoms with E-state index < -0.39 is 125 Å². The molecule has 5 aliphatic rings. The quantitative estimate of drug-likeness (QED) is 0.143. The maximum atomic E-state index is 15.1. The Balaban J connectivity index is 1.06. The van der Waals surface area contributed by atoms with Crippen LogP contribution in [0.5, 0.6) is 0 Å². The largest absolute Gasteiger partial charge is 0.343 e. The number of nitrogens with zero attached hydrogens (tertiary/aromatic N) is 4. The molecular formula is C64H78N10O10. The van der Waals surface area contributed by atoms with Gasteiger partial charge in [-0.15, -0.1) is 0 Å². The number of amides is 10. The van der Waals surface area contributed by atoms with Crippen LogP contribution in [0.2, 0.25) is 0 Å². The molecule has 0 saturated carbocycles. The van der Waals surface area contributed by atoms with E-state index in [1.54, 1.807) is 62.4 Å². The molecule has 0 spiro atoms. The van der Waals surface area contributed by atoms with Crippen molar-refractivity contribution in [3.63, 3.8) is 0 Å². The topological polar surface area (TPSA) is 256 Å². The molecule has 10 amide bonds. The van der Waals surface area contributed by atoms with Gasteiger partial charge < -0.3 is 51.5 Å². The van der Waals surface area contributed by atoms with Crippen LogP contribution in [0, 0.1) is 5.92 Å². The number of rotatable bonds is 9. The van der Waals surface area contributed by atoms with Crippen LogP contribution < -0.4 is 31.9 Å². The number of fused-ring (bicyclic) bond motifs is 4. The maximum Gasteiger partial charge on any atom is 0.246 e. The summed E-state index contributed by atoms with van der Waals surface area (Å²) in [6, 6.07) is 25.0. The first kappa shape index (κ1) is 60.2. The Morgan fingerprint density at radius 1 is 0.345 bits per heavy atom. The van der Waals surface area contributed by atoms with E-state index in [1.807, 2.05) is 72.8 Å². The van der Waals surface area contributed by atoms with Crippen molar-refractivity contribution in [2.75, 3.05) is 26.2 Å². The summed E-state index contributed by atoms with van der Waals surface area (Å²) in [6.07, 6.45) is 3.12. The molecule has 6 N–H and O–H groups in total. The molecule has 0 radical (unpaired) electrons. The second-order valence-electron chi connectivity index (χ2n) is 23.2. The Morgan fingerprint density at radius 3 is 1.04 bits per heavy atom. The van der Waals surface area contributed by atoms with Crippen molar-refractivity contribution in [2.24, 2.45) is 5.92 Å². The van der Waals surface area contributed by atoms with E-state index >= 15 is 4.79 Å². The summed E-state index contributed by atoms with van der Waals surface area (Å²) < 4.78 is 0. The minimum Gasteiger partial charge on any atom is -0.343 e. The molecule has 0 aliphatic carbocycles. The molecule has 5 saturated heterocycles. The van der Waals surface area contributed by atoms with Gasteiger partial charge in [-0.1, -0.05) is 135 Å². The average Bonchev–Trinajstić information content (AvgIpc) is 4.21. The van der Waals surface area contributed by atoms with Crippen LogP contribution in [-0.4, -0.2) is 165 Å². The van der Waals surface area contributed by atoms with Gasteiger partial charge in [-0.25, -0.2) is 0 Å². The third-order valence-corrected chi connectivity index (χ3v) is 16.9. The molecule has 444 valence electrons. The number of carbonyl (C=O) groups is 10. The van der Waals surface area contributed by atoms with E-state index in [0.717, 1.165) is 5.56 Å². The first-order chi connectivity index (χ1) is 40.5. The first-order valence-electron chi connectivity index (χ1n) is 29.7. The van der Waals surface area contributed by atoms with E-state index in [1.165, 1.54) is 26.5 Å². The Labute approximate surface area is 490 Å². The predicted octanol–water partition coefficient (Wildman–Crippen LogP) is 2.52. The first-order valence-corrected chi connectivity index (χ1v) is 29.7. The minimum atomic E-state index is -1.26. The maximum absolute atomic E-state index is 15.1. The van der Waals surface area contributed by atoms with Gasteiger partial charge in [-0.3, -0.25) is 47.9 Å². The van der Waals surface area contributed by atoms with E-state index in [-0.39, 0.29) is 64.7 Å². The smallest absolute Gasteiger partial charge is 0.246 e. The minimum absolute atomic E-state index is 0.0125. The molecule has 5 fully saturated rings. The zero-order valence-electron chi connectivity index (χ0n) is 48.1. The summed E-state index contributed by atoms with van der Waals surface area (Å²) in [4.78, 5) is 153. The summed E-state index contributed by atoms with van der Waals surface area (Å²) in [5.74, 6) is -6.29. The highest BCUT2D eigenvalue weighted by Crippen LogP contribution is 2.29. The highest BCUT2D eigenvalue weighted by Gasteiger charge is 2.47. The Bertz CT molecular complexity index is 3020. The second kappa shape index (κ2) is 27.8. The normalized spacial score (nSPS) is 27.4. The van der Waals surface area contributed by atoms with Crippen molar-refractivity contribution in [1.29, 1.82) is 0 Å². The molecule has 4 aromatic carbocycles. The summed E-state index contributed by atoms with van der Waals surface area (Å²) in [7, 11) is 0. The van der Waals surface area contributed by atoms with Crippen molar-refractivity contribution >= 4 is 59.1 Å². The van der Waals surface area contributed by atoms with Crippen LogP contribution in [0.15, 0.2) is 121 Å². The van der Waals surface area contributed by atoms with Crippen molar-refractivity contribution in [3.05, 3.63) is 144 Å². The summed E-state index contributed by atoms with van der Waals surface area (Å²) >= 11 is 0. The summed E-state index contributed by atoms with van der Waals surface area (Å²) in [5, 5.41) is 17.4. The van der Waals surface area contributed by atoms with Crippen molar-refractivity contribution < 1.29 is 47.9 Å². The molecular weight excluding hydrogens is 1070 g/mol. The molecule has 0 unspecified atom stereocenters. The molecule has 4 aromatic rings. The Kier molecular flexibility index (Phi) is 19.9. The van der Waals surface area contributed by atoms with Crippen LogP contribution in [0.4, 0.5) is 0 Å². The highest BCUT2D eigenvalue weighted by molar-refractivity contribution is 6.00. The fraction of sp³-hybridized carbons (Fsp3) is 0.469. The molecule has 20 nitrogen and oxygen atoms in total. The van der Waals surface area contributed by atoms with Crippen LogP contribution in [0.25, 0.3) is 0 Å². The molecule has 20 heteroatoms. The number of carbonyl (C=O) groups excluding carboxylic acids is 10. The van der Waals surface area contributed by atoms with Gasteiger partial charge in [0.1, 0.15) is 60.4 Å². The zero-order valence-corrected chi connectivity index (χ0v) is 48.1. The van der Waals surface area contributed by atoms with Crippen molar-refractivity contribution in [1.82, 2.24) is 51.5 Å². The Hall–Kier alpha value is -8.42. The fourth-order valence-corrected chi connectivity index (χ4v) is 12.4. The molecule has 0 aromatic heterocycles. The lowest BCUT2D eigenvalue weighted by Crippen LogP contribution is -2.61. The third kappa shape index (κ3) is 14.5. The van der Waals surface area contributed by atoms with E-state index in [2.05, 4.69) is 31.9 Å². The predicted molar refractivity (Wildman–Crippen MR) is 312 cm³/mol. The highest BCUT2D eigenvalue weighted by atomic mass is 16.2. The van der Waals surface area contributed by atoms with Gasteiger partial charge in [-0.05, 0) is 86.5 Å². The third-order valence-electron chi connectivity index (χ3n) is 16.9. The number of benzene rings is 4. The van der Waals surface area contributed by atoms with Crippen LogP contribution in [0.1, 0.15) is 94.4 Å². The van der Waals surface area contributed by atoms with Gasteiger partial charge in [-0.2, -0.15) is 0 Å². The van der Waals surface area contributed by atoms with Gasteiger partial charge in [0.05, 0.1) is 0 Å². The molecule has 10 atom stereocenters. The molecule has 5 heterocycles. The SMILES string of the molecule is CC(C)[C@@H]1NC(=O)[C@@H](Cc2ccccc2)NC(=O)[C@H](Cc2ccccc2)NC(=O)[C@@H]2CCCN2C(=O)[C@@H]2CCCN2C(=O)[C@H](Cc2ccccc2)NC(=O)[C@@H](Cc2ccccc2)NC(=O)[C@H](C)NC(=O)[C@@H]2CCCN2C(=O)[C@@H]2CCCN2C1=O. The zero-order chi connectivity index (χ0) is 59.4. The monoisotopic (exact) mass is 1150 g/mol. The lowest BCUT2D eigenvalue weighted by molar-refractivity contribution is -0.148. The van der Waals surface area contributed by atoms with E-state index in [9.17, 15) is 43.2 Å². The summed E-state index contributed by atoms with van der Waals surface area (Å²) in [5.41, 5.74) is 2.84. The Morgan fingerprint density at radius 2 is 0.643 bits per heavy atom. The fourth-order valence-electron chi connectivity index (χ4n) is 12.4. The molecule has 84 heavy (non-hydrogen) atoms. The van der Waals surface area contributed by atoms with Gasteiger partial charge in [0, 0.05) is 51.9 Å². The average molecular weight is 1150 g/mol. The van der Waals surface area contributed by atoms with Crippen LogP contribution in [-0.2, 0) is 73.6 Å². The van der Waals surface area contributed by atoms with Gasteiger partial charge in [0.25, 0.3) is 0 Å². The number of hydrogen-bond acceptors (Lipinski definition) is 10. The lowest BCUT2D eigenvalue weighted by atomic mass is 9.99. The van der Waals surface area contributed by atoms with Gasteiger partial charge in [0.2, 0.25) is 59.1 Å². The molecule has 9 rings (SSSR count). The van der Waals surface area contributed by atoms with Crippen LogP contribution >= 0.6 is 0 Å². The molecule has 5 aliphatic heterocycles. The number of hydrogen-bond donors (Lipinski definition) is 6. The van der Waals surface area contributed by atoms with E-state index in [0.29, 0.717) is 55.2 Å². The van der Waals surface area contributed by atoms with Crippen molar-refractivity contribution in [2.45, 2.75) is 158 Å². The lowest BCUT2D eigenvalue weighted by Gasteiger charge is -2.35. The van der Waals surface area contributed by atoms with Crippen LogP contribution in [0.3, 0.4) is 0 Å². The number of nitrogens with one attached hydrogen (secondary N) is 6. The second-order valence-corrected chi connectivity index (χ2v) is 23.2. The van der Waals surface area contributed by atoms with Crippen molar-refractivity contribution in [3.8, 4) is 0 Å². The van der Waals surface area contributed by atoms with E-state index in [4.69, 9.17) is 0 Å². The van der Waals surface area contributed by atoms with Gasteiger partial charge in [0.15, 0.2) is 0 Å². The summed E-state index contributed by atoms with van der Waals surface area (Å²) in [6.45, 7) is 5.85.